The Balaban J connectivity index is 1.30. The highest BCUT2D eigenvalue weighted by Crippen LogP contribution is 2.35. The molecule has 2 fully saturated rings. The molecule has 1 aromatic heterocycles. The summed E-state index contributed by atoms with van der Waals surface area (Å²) >= 11 is 0. The van der Waals surface area contributed by atoms with Crippen LogP contribution in [0.4, 0.5) is 4.39 Å². The Morgan fingerprint density at radius 2 is 1.75 bits per heavy atom. The Hall–Kier alpha value is -2.76. The van der Waals surface area contributed by atoms with Crippen molar-refractivity contribution in [3.8, 4) is 0 Å². The Labute approximate surface area is 189 Å². The first-order valence-corrected chi connectivity index (χ1v) is 11.6. The molecule has 2 aliphatic rings. The zero-order valence-corrected chi connectivity index (χ0v) is 19.0. The molecule has 1 aromatic carbocycles. The van der Waals surface area contributed by atoms with Crippen LogP contribution >= 0.6 is 0 Å². The number of nitrogens with zero attached hydrogens (tertiary/aromatic N) is 3. The van der Waals surface area contributed by atoms with Crippen LogP contribution < -0.4 is 0 Å². The third-order valence-electron chi connectivity index (χ3n) is 7.16. The first kappa shape index (κ1) is 22.4. The summed E-state index contributed by atoms with van der Waals surface area (Å²) in [5.74, 6) is 0.0130. The summed E-state index contributed by atoms with van der Waals surface area (Å²) in [6.07, 6.45) is 6.16. The molecular weight excluding hydrogens is 405 g/mol. The van der Waals surface area contributed by atoms with Gasteiger partial charge in [0.2, 0.25) is 5.91 Å². The average molecular weight is 438 g/mol. The van der Waals surface area contributed by atoms with Gasteiger partial charge in [0.15, 0.2) is 0 Å². The molecule has 0 saturated carbocycles. The summed E-state index contributed by atoms with van der Waals surface area (Å²) < 4.78 is 14.0. The fraction of sp³-hybridized carbons (Fsp3) is 0.500. The molecule has 0 aliphatic carbocycles. The van der Waals surface area contributed by atoms with Crippen molar-refractivity contribution in [1.29, 1.82) is 0 Å². The van der Waals surface area contributed by atoms with Crippen molar-refractivity contribution >= 4 is 11.8 Å². The van der Waals surface area contributed by atoms with Gasteiger partial charge in [-0.15, -0.1) is 0 Å². The maximum absolute atomic E-state index is 14.0. The summed E-state index contributed by atoms with van der Waals surface area (Å²) in [6.45, 7) is 6.58. The number of aromatic nitrogens is 1. The molecule has 6 heteroatoms. The summed E-state index contributed by atoms with van der Waals surface area (Å²) in [4.78, 5) is 34.0. The predicted octanol–water partition coefficient (Wildman–Crippen LogP) is 4.25. The van der Waals surface area contributed by atoms with Gasteiger partial charge in [-0.3, -0.25) is 14.6 Å². The van der Waals surface area contributed by atoms with E-state index in [0.29, 0.717) is 31.8 Å². The van der Waals surface area contributed by atoms with E-state index in [1.807, 2.05) is 24.9 Å². The average Bonchev–Trinajstić information content (AvgIpc) is 2.79. The molecule has 170 valence electrons. The van der Waals surface area contributed by atoms with Crippen LogP contribution in [0.5, 0.6) is 0 Å². The molecule has 2 amide bonds. The van der Waals surface area contributed by atoms with E-state index < -0.39 is 11.2 Å². The number of carbonyl (C=O) groups is 2. The second-order valence-corrected chi connectivity index (χ2v) is 9.58. The van der Waals surface area contributed by atoms with Gasteiger partial charge in [0.1, 0.15) is 5.82 Å². The van der Waals surface area contributed by atoms with Gasteiger partial charge in [0, 0.05) is 43.5 Å². The molecule has 32 heavy (non-hydrogen) atoms. The standard InChI is InChI=1S/C26H32FN3O2/c1-19-17-21(7-12-28-19)18-20-8-13-30(14-9-20)25(32)26(2)10-15-29(16-11-26)24(31)22-5-3-4-6-23(22)27/h3-7,12,17,20H,8-11,13-16,18H2,1-2H3. The Morgan fingerprint density at radius 1 is 1.06 bits per heavy atom. The van der Waals surface area contributed by atoms with Gasteiger partial charge in [-0.1, -0.05) is 19.1 Å². The number of hydrogen-bond donors (Lipinski definition) is 0. The fourth-order valence-electron chi connectivity index (χ4n) is 5.01. The monoisotopic (exact) mass is 437 g/mol. The highest BCUT2D eigenvalue weighted by Gasteiger charge is 2.41. The summed E-state index contributed by atoms with van der Waals surface area (Å²) in [6, 6.07) is 10.3. The zero-order valence-electron chi connectivity index (χ0n) is 19.0. The van der Waals surface area contributed by atoms with Gasteiger partial charge in [-0.05, 0) is 74.8 Å². The van der Waals surface area contributed by atoms with Gasteiger partial charge >= 0.3 is 0 Å². The number of halogens is 1. The van der Waals surface area contributed by atoms with Crippen LogP contribution in [0.25, 0.3) is 0 Å². The normalized spacial score (nSPS) is 19.1. The third kappa shape index (κ3) is 4.84. The van der Waals surface area contributed by atoms with Crippen LogP contribution in [-0.2, 0) is 11.2 Å². The number of pyridine rings is 1. The Morgan fingerprint density at radius 3 is 2.41 bits per heavy atom. The highest BCUT2D eigenvalue weighted by molar-refractivity contribution is 5.94. The molecular formula is C26H32FN3O2. The van der Waals surface area contributed by atoms with Crippen molar-refractivity contribution in [3.05, 3.63) is 65.2 Å². The molecule has 3 heterocycles. The number of hydrogen-bond acceptors (Lipinski definition) is 3. The lowest BCUT2D eigenvalue weighted by Crippen LogP contribution is -2.51. The van der Waals surface area contributed by atoms with E-state index in [-0.39, 0.29) is 17.4 Å². The first-order chi connectivity index (χ1) is 15.4. The third-order valence-corrected chi connectivity index (χ3v) is 7.16. The Kier molecular flexibility index (Phi) is 6.58. The zero-order chi connectivity index (χ0) is 22.7. The van der Waals surface area contributed by atoms with Crippen LogP contribution in [0.3, 0.4) is 0 Å². The van der Waals surface area contributed by atoms with Crippen molar-refractivity contribution in [3.63, 3.8) is 0 Å². The summed E-state index contributed by atoms with van der Waals surface area (Å²) in [5, 5.41) is 0. The van der Waals surface area contributed by atoms with E-state index in [2.05, 4.69) is 17.1 Å². The van der Waals surface area contributed by atoms with Crippen LogP contribution in [0.1, 0.15) is 54.2 Å². The Bertz CT molecular complexity index is 977. The van der Waals surface area contributed by atoms with Crippen LogP contribution in [0, 0.1) is 24.1 Å². The van der Waals surface area contributed by atoms with Gasteiger partial charge in [-0.2, -0.15) is 0 Å². The molecule has 2 aromatic rings. The maximum atomic E-state index is 14.0. The molecule has 0 atom stereocenters. The van der Waals surface area contributed by atoms with Crippen molar-refractivity contribution in [2.75, 3.05) is 26.2 Å². The molecule has 5 nitrogen and oxygen atoms in total. The smallest absolute Gasteiger partial charge is 0.256 e. The van der Waals surface area contributed by atoms with E-state index >= 15 is 0 Å². The number of carbonyl (C=O) groups excluding carboxylic acids is 2. The van der Waals surface area contributed by atoms with Crippen LogP contribution in [-0.4, -0.2) is 52.8 Å². The SMILES string of the molecule is Cc1cc(CC2CCN(C(=O)C3(C)CCN(C(=O)c4ccccc4F)CC3)CC2)ccn1. The minimum Gasteiger partial charge on any atom is -0.342 e. The van der Waals surface area contributed by atoms with Crippen molar-refractivity contribution in [2.24, 2.45) is 11.3 Å². The molecule has 0 radical (unpaired) electrons. The molecule has 0 bridgehead atoms. The molecule has 0 N–H and O–H groups in total. The topological polar surface area (TPSA) is 53.5 Å². The second kappa shape index (κ2) is 9.39. The van der Waals surface area contributed by atoms with E-state index in [1.54, 1.807) is 17.0 Å². The number of piperidine rings is 2. The van der Waals surface area contributed by atoms with E-state index in [0.717, 1.165) is 38.0 Å². The van der Waals surface area contributed by atoms with Crippen LogP contribution in [0.2, 0.25) is 0 Å². The second-order valence-electron chi connectivity index (χ2n) is 9.58. The molecule has 4 rings (SSSR count). The van der Waals surface area contributed by atoms with Gasteiger partial charge in [0.05, 0.1) is 5.56 Å². The largest absolute Gasteiger partial charge is 0.342 e. The number of aryl methyl sites for hydroxylation is 1. The minimum atomic E-state index is -0.494. The minimum absolute atomic E-state index is 0.105. The van der Waals surface area contributed by atoms with E-state index in [1.165, 1.54) is 17.7 Å². The molecule has 2 saturated heterocycles. The molecule has 0 spiro atoms. The lowest BCUT2D eigenvalue weighted by Gasteiger charge is -2.43. The first-order valence-electron chi connectivity index (χ1n) is 11.6. The number of rotatable bonds is 4. The summed E-state index contributed by atoms with van der Waals surface area (Å²) in [5.41, 5.74) is 2.01. The van der Waals surface area contributed by atoms with Crippen molar-refractivity contribution in [2.45, 2.75) is 46.0 Å². The highest BCUT2D eigenvalue weighted by atomic mass is 19.1. The van der Waals surface area contributed by atoms with Gasteiger partial charge < -0.3 is 9.80 Å². The van der Waals surface area contributed by atoms with Crippen molar-refractivity contribution < 1.29 is 14.0 Å². The van der Waals surface area contributed by atoms with E-state index in [4.69, 9.17) is 0 Å². The predicted molar refractivity (Wildman–Crippen MR) is 122 cm³/mol. The fourth-order valence-corrected chi connectivity index (χ4v) is 5.01. The van der Waals surface area contributed by atoms with E-state index in [9.17, 15) is 14.0 Å². The van der Waals surface area contributed by atoms with Gasteiger partial charge in [0.25, 0.3) is 5.91 Å². The number of benzene rings is 1. The number of amides is 2. The lowest BCUT2D eigenvalue weighted by atomic mass is 9.78. The maximum Gasteiger partial charge on any atom is 0.256 e. The van der Waals surface area contributed by atoms with Crippen LogP contribution in [0.15, 0.2) is 42.6 Å². The summed E-state index contributed by atoms with van der Waals surface area (Å²) in [7, 11) is 0. The number of likely N-dealkylation sites (tertiary alicyclic amines) is 2. The molecule has 2 aliphatic heterocycles. The lowest BCUT2D eigenvalue weighted by molar-refractivity contribution is -0.145. The molecule has 0 unspecified atom stereocenters. The quantitative estimate of drug-likeness (QED) is 0.719. The van der Waals surface area contributed by atoms with Crippen molar-refractivity contribution in [1.82, 2.24) is 14.8 Å². The van der Waals surface area contributed by atoms with Gasteiger partial charge in [-0.25, -0.2) is 4.39 Å².